The molecule has 1 unspecified atom stereocenters. The summed E-state index contributed by atoms with van der Waals surface area (Å²) < 4.78 is 15.0. The molecule has 10 rings (SSSR count). The lowest BCUT2D eigenvalue weighted by atomic mass is 10.0. The normalized spacial score (nSPS) is 14.7. The van der Waals surface area contributed by atoms with E-state index in [9.17, 15) is 0 Å². The summed E-state index contributed by atoms with van der Waals surface area (Å²) in [4.78, 5) is 0. The molecule has 202 valence electrons. The van der Waals surface area contributed by atoms with Gasteiger partial charge in [-0.15, -0.1) is 0 Å². The first-order chi connectivity index (χ1) is 21.3. The molecule has 4 nitrogen and oxygen atoms in total. The number of rotatable bonds is 2. The lowest BCUT2D eigenvalue weighted by molar-refractivity contribution is 0.263. The maximum atomic E-state index is 6.56. The SMILES string of the molecule is c1ccc2cc3c(cc2c1)c1c2ccccc2ccc1n3-c1ccc(C2Nc3ccc4oc5ccccc5c4c3O2)cc1. The van der Waals surface area contributed by atoms with Crippen LogP contribution in [0.1, 0.15) is 11.8 Å². The third-order valence-electron chi connectivity index (χ3n) is 8.99. The second kappa shape index (κ2) is 8.40. The van der Waals surface area contributed by atoms with Gasteiger partial charge >= 0.3 is 0 Å². The van der Waals surface area contributed by atoms with Crippen LogP contribution in [-0.4, -0.2) is 4.57 Å². The van der Waals surface area contributed by atoms with E-state index >= 15 is 0 Å². The summed E-state index contributed by atoms with van der Waals surface area (Å²) in [5.41, 5.74) is 7.28. The maximum absolute atomic E-state index is 6.56. The quantitative estimate of drug-likeness (QED) is 0.232. The van der Waals surface area contributed by atoms with Gasteiger partial charge in [0, 0.05) is 27.4 Å². The molecule has 1 aliphatic rings. The Morgan fingerprint density at radius 1 is 0.535 bits per heavy atom. The Hall–Kier alpha value is -5.74. The smallest absolute Gasteiger partial charge is 0.196 e. The first-order valence-electron chi connectivity index (χ1n) is 14.6. The molecule has 0 aliphatic carbocycles. The van der Waals surface area contributed by atoms with Crippen molar-refractivity contribution >= 4 is 71.0 Å². The molecule has 0 radical (unpaired) electrons. The van der Waals surface area contributed by atoms with E-state index in [-0.39, 0.29) is 6.23 Å². The number of ether oxygens (including phenoxy) is 1. The van der Waals surface area contributed by atoms with Gasteiger partial charge in [0.25, 0.3) is 0 Å². The van der Waals surface area contributed by atoms with Crippen LogP contribution in [-0.2, 0) is 0 Å². The van der Waals surface area contributed by atoms with Crippen molar-refractivity contribution in [3.05, 3.63) is 139 Å². The Morgan fingerprint density at radius 2 is 1.28 bits per heavy atom. The fourth-order valence-electron chi connectivity index (χ4n) is 7.01. The van der Waals surface area contributed by atoms with Crippen LogP contribution >= 0.6 is 0 Å². The average Bonchev–Trinajstić information content (AvgIpc) is 3.75. The molecule has 1 atom stereocenters. The van der Waals surface area contributed by atoms with Crippen molar-refractivity contribution in [2.45, 2.75) is 6.23 Å². The van der Waals surface area contributed by atoms with Crippen LogP contribution in [0.25, 0.3) is 71.0 Å². The van der Waals surface area contributed by atoms with E-state index in [2.05, 4.69) is 113 Å². The summed E-state index contributed by atoms with van der Waals surface area (Å²) in [5, 5.41) is 13.2. The molecule has 0 amide bonds. The zero-order valence-corrected chi connectivity index (χ0v) is 23.0. The van der Waals surface area contributed by atoms with Crippen LogP contribution in [0.2, 0.25) is 0 Å². The van der Waals surface area contributed by atoms with Crippen LogP contribution in [0, 0.1) is 0 Å². The van der Waals surface area contributed by atoms with Crippen molar-refractivity contribution in [3.8, 4) is 11.4 Å². The van der Waals surface area contributed by atoms with Gasteiger partial charge in [-0.05, 0) is 70.1 Å². The average molecular weight is 553 g/mol. The molecular formula is C39H24N2O2. The van der Waals surface area contributed by atoms with Crippen LogP contribution in [0.3, 0.4) is 0 Å². The Balaban J connectivity index is 1.11. The van der Waals surface area contributed by atoms with Crippen LogP contribution in [0.15, 0.2) is 138 Å². The number of nitrogens with zero attached hydrogens (tertiary/aromatic N) is 1. The van der Waals surface area contributed by atoms with Gasteiger partial charge in [0.15, 0.2) is 12.0 Å². The lowest BCUT2D eigenvalue weighted by Gasteiger charge is -2.14. The lowest BCUT2D eigenvalue weighted by Crippen LogP contribution is -2.10. The number of hydrogen-bond acceptors (Lipinski definition) is 3. The topological polar surface area (TPSA) is 39.3 Å². The summed E-state index contributed by atoms with van der Waals surface area (Å²) in [6, 6.07) is 47.4. The minimum absolute atomic E-state index is 0.283. The second-order valence-electron chi connectivity index (χ2n) is 11.4. The predicted octanol–water partition coefficient (Wildman–Crippen LogP) is 10.5. The first kappa shape index (κ1) is 22.9. The number of anilines is 1. The van der Waals surface area contributed by atoms with Gasteiger partial charge in [0.2, 0.25) is 0 Å². The fourth-order valence-corrected chi connectivity index (χ4v) is 7.01. The van der Waals surface area contributed by atoms with E-state index in [0.29, 0.717) is 0 Å². The number of aromatic nitrogens is 1. The second-order valence-corrected chi connectivity index (χ2v) is 11.4. The molecule has 1 N–H and O–H groups in total. The van der Waals surface area contributed by atoms with Crippen LogP contribution in [0.5, 0.6) is 5.75 Å². The molecule has 0 saturated carbocycles. The highest BCUT2D eigenvalue weighted by atomic mass is 16.5. The monoisotopic (exact) mass is 552 g/mol. The van der Waals surface area contributed by atoms with E-state index in [4.69, 9.17) is 9.15 Å². The summed E-state index contributed by atoms with van der Waals surface area (Å²) in [6.45, 7) is 0. The Bertz CT molecular complexity index is 2570. The Labute approximate surface area is 246 Å². The Kier molecular flexibility index (Phi) is 4.47. The molecule has 7 aromatic carbocycles. The molecule has 0 saturated heterocycles. The van der Waals surface area contributed by atoms with Gasteiger partial charge in [-0.1, -0.05) is 84.9 Å². The maximum Gasteiger partial charge on any atom is 0.196 e. The van der Waals surface area contributed by atoms with E-state index in [0.717, 1.165) is 44.6 Å². The van der Waals surface area contributed by atoms with Crippen LogP contribution in [0.4, 0.5) is 5.69 Å². The van der Waals surface area contributed by atoms with Crippen molar-refractivity contribution < 1.29 is 9.15 Å². The fraction of sp³-hybridized carbons (Fsp3) is 0.0256. The molecule has 43 heavy (non-hydrogen) atoms. The molecule has 1 aliphatic heterocycles. The highest BCUT2D eigenvalue weighted by Crippen LogP contribution is 2.47. The number of hydrogen-bond donors (Lipinski definition) is 1. The van der Waals surface area contributed by atoms with Crippen LogP contribution < -0.4 is 10.1 Å². The van der Waals surface area contributed by atoms with Gasteiger partial charge in [-0.25, -0.2) is 0 Å². The Morgan fingerprint density at radius 3 is 2.14 bits per heavy atom. The molecule has 9 aromatic rings. The number of furan rings is 1. The van der Waals surface area contributed by atoms with Crippen molar-refractivity contribution in [3.63, 3.8) is 0 Å². The van der Waals surface area contributed by atoms with E-state index in [1.54, 1.807) is 0 Å². The molecule has 4 heteroatoms. The highest BCUT2D eigenvalue weighted by Gasteiger charge is 2.28. The molecular weight excluding hydrogens is 528 g/mol. The third-order valence-corrected chi connectivity index (χ3v) is 8.99. The number of para-hydroxylation sites is 1. The predicted molar refractivity (Wildman–Crippen MR) is 177 cm³/mol. The zero-order chi connectivity index (χ0) is 28.1. The molecule has 3 heterocycles. The summed E-state index contributed by atoms with van der Waals surface area (Å²) >= 11 is 0. The molecule has 0 bridgehead atoms. The molecule has 0 fully saturated rings. The van der Waals surface area contributed by atoms with E-state index in [1.165, 1.54) is 43.4 Å². The summed E-state index contributed by atoms with van der Waals surface area (Å²) in [5.74, 6) is 0.845. The number of benzene rings is 7. The molecule has 2 aromatic heterocycles. The van der Waals surface area contributed by atoms with Gasteiger partial charge in [0.05, 0.1) is 22.1 Å². The highest BCUT2D eigenvalue weighted by molar-refractivity contribution is 6.23. The summed E-state index contributed by atoms with van der Waals surface area (Å²) in [7, 11) is 0. The van der Waals surface area contributed by atoms with Crippen molar-refractivity contribution in [1.29, 1.82) is 0 Å². The van der Waals surface area contributed by atoms with Gasteiger partial charge in [0.1, 0.15) is 11.2 Å². The van der Waals surface area contributed by atoms with Gasteiger partial charge in [-0.3, -0.25) is 0 Å². The van der Waals surface area contributed by atoms with Crippen molar-refractivity contribution in [2.24, 2.45) is 0 Å². The third kappa shape index (κ3) is 3.20. The van der Waals surface area contributed by atoms with Gasteiger partial charge < -0.3 is 19.0 Å². The number of fused-ring (bicyclic) bond motifs is 11. The zero-order valence-electron chi connectivity index (χ0n) is 23.0. The van der Waals surface area contributed by atoms with Crippen molar-refractivity contribution in [2.75, 3.05) is 5.32 Å². The largest absolute Gasteiger partial charge is 0.464 e. The van der Waals surface area contributed by atoms with E-state index in [1.807, 2.05) is 30.3 Å². The minimum atomic E-state index is -0.283. The number of nitrogens with one attached hydrogen (secondary N) is 1. The van der Waals surface area contributed by atoms with Gasteiger partial charge in [-0.2, -0.15) is 0 Å². The minimum Gasteiger partial charge on any atom is -0.464 e. The summed E-state index contributed by atoms with van der Waals surface area (Å²) in [6.07, 6.45) is -0.283. The standard InChI is InChI=1S/C39H24N2O2/c1-2-9-26-22-33-30(21-25(26)8-1)36-28-10-4-3-7-23(28)15-19-32(36)41(33)27-16-13-24(14-17-27)39-40-31-18-20-35-37(38(31)43-39)29-11-5-6-12-34(29)42-35/h1-22,39-40H. The van der Waals surface area contributed by atoms with E-state index < -0.39 is 0 Å². The first-order valence-corrected chi connectivity index (χ1v) is 14.6. The molecule has 0 spiro atoms. The van der Waals surface area contributed by atoms with Crippen molar-refractivity contribution in [1.82, 2.24) is 4.57 Å².